The van der Waals surface area contributed by atoms with Crippen molar-refractivity contribution in [2.24, 2.45) is 10.7 Å². The Bertz CT molecular complexity index is 910. The third-order valence-corrected chi connectivity index (χ3v) is 4.33. The summed E-state index contributed by atoms with van der Waals surface area (Å²) < 4.78 is 57.4. The second kappa shape index (κ2) is 6.74. The molecule has 2 atom stereocenters. The van der Waals surface area contributed by atoms with Crippen molar-refractivity contribution in [3.8, 4) is 0 Å². The van der Waals surface area contributed by atoms with Gasteiger partial charge in [-0.05, 0) is 23.8 Å². The summed E-state index contributed by atoms with van der Waals surface area (Å²) in [7, 11) is 0. The van der Waals surface area contributed by atoms with E-state index < -0.39 is 35.4 Å². The molecule has 1 aliphatic heterocycles. The molecular formula is C19H14F4N2O. The van der Waals surface area contributed by atoms with Crippen LogP contribution in [-0.4, -0.2) is 24.6 Å². The first-order chi connectivity index (χ1) is 12.4. The third-order valence-electron chi connectivity index (χ3n) is 4.33. The van der Waals surface area contributed by atoms with Gasteiger partial charge in [0, 0.05) is 17.3 Å². The number of benzene rings is 2. The summed E-state index contributed by atoms with van der Waals surface area (Å²) in [5.74, 6) is -2.55. The van der Waals surface area contributed by atoms with Crippen LogP contribution in [-0.2, 0) is 10.2 Å². The van der Waals surface area contributed by atoms with Crippen LogP contribution < -0.4 is 5.73 Å². The molecular weight excluding hydrogens is 348 g/mol. The predicted octanol–water partition coefficient (Wildman–Crippen LogP) is 3.49. The summed E-state index contributed by atoms with van der Waals surface area (Å²) in [5.41, 5.74) is 2.09. The smallest absolute Gasteiger partial charge is 0.257 e. The Morgan fingerprint density at radius 3 is 2.23 bits per heavy atom. The highest BCUT2D eigenvalue weighted by molar-refractivity contribution is 6.00. The van der Waals surface area contributed by atoms with E-state index in [-0.39, 0.29) is 16.7 Å². The van der Waals surface area contributed by atoms with E-state index in [1.165, 1.54) is 36.4 Å². The van der Waals surface area contributed by atoms with Gasteiger partial charge in [0.25, 0.3) is 6.43 Å². The van der Waals surface area contributed by atoms with Crippen molar-refractivity contribution in [2.45, 2.75) is 17.9 Å². The van der Waals surface area contributed by atoms with E-state index in [0.717, 1.165) is 24.4 Å². The molecule has 0 fully saturated rings. The summed E-state index contributed by atoms with van der Waals surface area (Å²) in [4.78, 5) is 15.3. The molecule has 7 heteroatoms. The lowest BCUT2D eigenvalue weighted by atomic mass is 9.70. The first-order valence-corrected chi connectivity index (χ1v) is 7.72. The first-order valence-electron chi connectivity index (χ1n) is 7.72. The van der Waals surface area contributed by atoms with Gasteiger partial charge in [-0.1, -0.05) is 36.4 Å². The maximum absolute atomic E-state index is 14.4. The summed E-state index contributed by atoms with van der Waals surface area (Å²) in [6, 6.07) is 8.97. The minimum atomic E-state index is -3.15. The largest absolute Gasteiger partial charge is 0.368 e. The van der Waals surface area contributed by atoms with Crippen molar-refractivity contribution < 1.29 is 22.4 Å². The average Bonchev–Trinajstić information content (AvgIpc) is 2.62. The average molecular weight is 362 g/mol. The van der Waals surface area contributed by atoms with Crippen molar-refractivity contribution in [1.82, 2.24) is 0 Å². The highest BCUT2D eigenvalue weighted by Gasteiger charge is 2.49. The molecule has 2 aromatic rings. The van der Waals surface area contributed by atoms with Crippen LogP contribution in [0.1, 0.15) is 11.1 Å². The van der Waals surface area contributed by atoms with E-state index in [9.17, 15) is 22.4 Å². The van der Waals surface area contributed by atoms with Crippen molar-refractivity contribution in [3.63, 3.8) is 0 Å². The molecule has 0 saturated heterocycles. The number of rotatable bonds is 4. The summed E-state index contributed by atoms with van der Waals surface area (Å²) >= 11 is 0. The number of allylic oxidation sites excluding steroid dienone is 1. The minimum Gasteiger partial charge on any atom is -0.368 e. The Morgan fingerprint density at radius 1 is 1.04 bits per heavy atom. The molecule has 2 N–H and O–H groups in total. The number of hydrogen-bond donors (Lipinski definition) is 1. The van der Waals surface area contributed by atoms with Crippen LogP contribution in [0.2, 0.25) is 0 Å². The van der Waals surface area contributed by atoms with Gasteiger partial charge in [0.15, 0.2) is 0 Å². The standard InChI is InChI=1S/C19H14F4N2O/c20-14-7-3-1-5-11(14)13-9-16(17(24)26)25-10-19(13,18(22)23)12-6-2-4-8-15(12)21/h1-10,16,18H,(H2,24,26). The molecule has 0 spiro atoms. The molecule has 0 aliphatic carbocycles. The van der Waals surface area contributed by atoms with Crippen LogP contribution in [0.15, 0.2) is 59.6 Å². The topological polar surface area (TPSA) is 55.5 Å². The Morgan fingerprint density at radius 2 is 1.65 bits per heavy atom. The SMILES string of the molecule is NC(=O)C1C=C(c2ccccc2F)C(c2ccccc2F)(C(F)F)C=N1. The van der Waals surface area contributed by atoms with Gasteiger partial charge in [0.2, 0.25) is 5.91 Å². The van der Waals surface area contributed by atoms with Gasteiger partial charge in [-0.3, -0.25) is 9.79 Å². The minimum absolute atomic E-state index is 0.173. The second-order valence-corrected chi connectivity index (χ2v) is 5.84. The van der Waals surface area contributed by atoms with Crippen molar-refractivity contribution in [2.75, 3.05) is 0 Å². The predicted molar refractivity (Wildman–Crippen MR) is 89.9 cm³/mol. The molecule has 3 rings (SSSR count). The number of primary amides is 1. The van der Waals surface area contributed by atoms with Crippen molar-refractivity contribution in [3.05, 3.63) is 77.4 Å². The molecule has 1 aliphatic rings. The molecule has 2 aromatic carbocycles. The zero-order valence-electron chi connectivity index (χ0n) is 13.4. The molecule has 1 heterocycles. The number of dihydropyridines is 1. The molecule has 3 nitrogen and oxygen atoms in total. The van der Waals surface area contributed by atoms with Crippen LogP contribution in [0.4, 0.5) is 17.6 Å². The number of carbonyl (C=O) groups is 1. The second-order valence-electron chi connectivity index (χ2n) is 5.84. The lowest BCUT2D eigenvalue weighted by Crippen LogP contribution is -2.43. The van der Waals surface area contributed by atoms with Gasteiger partial charge in [-0.25, -0.2) is 17.6 Å². The van der Waals surface area contributed by atoms with E-state index >= 15 is 0 Å². The Hall–Kier alpha value is -2.96. The van der Waals surface area contributed by atoms with Crippen molar-refractivity contribution >= 4 is 17.7 Å². The number of hydrogen-bond acceptors (Lipinski definition) is 2. The molecule has 0 saturated carbocycles. The number of alkyl halides is 2. The number of amides is 1. The van der Waals surface area contributed by atoms with Crippen LogP contribution in [0.25, 0.3) is 5.57 Å². The van der Waals surface area contributed by atoms with Crippen LogP contribution >= 0.6 is 0 Å². The van der Waals surface area contributed by atoms with E-state index in [0.29, 0.717) is 0 Å². The normalized spacial score (nSPS) is 22.3. The Labute approximate surface area is 146 Å². The molecule has 26 heavy (non-hydrogen) atoms. The van der Waals surface area contributed by atoms with Crippen LogP contribution in [0, 0.1) is 11.6 Å². The highest BCUT2D eigenvalue weighted by Crippen LogP contribution is 2.45. The fourth-order valence-electron chi connectivity index (χ4n) is 3.06. The number of nitrogens with zero attached hydrogens (tertiary/aromatic N) is 1. The zero-order valence-corrected chi connectivity index (χ0v) is 13.4. The van der Waals surface area contributed by atoms with Crippen LogP contribution in [0.5, 0.6) is 0 Å². The summed E-state index contributed by atoms with van der Waals surface area (Å²) in [6.45, 7) is 0. The van der Waals surface area contributed by atoms with Crippen LogP contribution in [0.3, 0.4) is 0 Å². The Kier molecular flexibility index (Phi) is 4.63. The monoisotopic (exact) mass is 362 g/mol. The Balaban J connectivity index is 2.33. The number of aliphatic imine (C=N–C) groups is 1. The maximum atomic E-state index is 14.4. The number of halogens is 4. The van der Waals surface area contributed by atoms with Gasteiger partial charge >= 0.3 is 0 Å². The number of carbonyl (C=O) groups excluding carboxylic acids is 1. The van der Waals surface area contributed by atoms with Gasteiger partial charge in [-0.2, -0.15) is 0 Å². The number of nitrogens with two attached hydrogens (primary N) is 1. The van der Waals surface area contributed by atoms with Crippen molar-refractivity contribution in [1.29, 1.82) is 0 Å². The molecule has 1 amide bonds. The lowest BCUT2D eigenvalue weighted by Gasteiger charge is -2.36. The third kappa shape index (κ3) is 2.79. The molecule has 2 unspecified atom stereocenters. The van der Waals surface area contributed by atoms with E-state index in [4.69, 9.17) is 5.73 Å². The summed E-state index contributed by atoms with van der Waals surface area (Å²) in [5, 5.41) is 0. The zero-order chi connectivity index (χ0) is 18.9. The van der Waals surface area contributed by atoms with E-state index in [2.05, 4.69) is 4.99 Å². The fourth-order valence-corrected chi connectivity index (χ4v) is 3.06. The molecule has 0 radical (unpaired) electrons. The quantitative estimate of drug-likeness (QED) is 0.832. The van der Waals surface area contributed by atoms with Gasteiger partial charge in [0.05, 0.1) is 0 Å². The first kappa shape index (κ1) is 17.8. The van der Waals surface area contributed by atoms with E-state index in [1.807, 2.05) is 0 Å². The molecule has 0 aromatic heterocycles. The lowest BCUT2D eigenvalue weighted by molar-refractivity contribution is -0.118. The van der Waals surface area contributed by atoms with Gasteiger partial charge < -0.3 is 5.73 Å². The van der Waals surface area contributed by atoms with Gasteiger partial charge in [-0.15, -0.1) is 0 Å². The highest BCUT2D eigenvalue weighted by atomic mass is 19.3. The molecule has 134 valence electrons. The molecule has 0 bridgehead atoms. The fraction of sp³-hybridized carbons (Fsp3) is 0.158. The van der Waals surface area contributed by atoms with Gasteiger partial charge in [0.1, 0.15) is 23.1 Å². The summed E-state index contributed by atoms with van der Waals surface area (Å²) in [6.07, 6.45) is -1.28. The van der Waals surface area contributed by atoms with E-state index in [1.54, 1.807) is 0 Å². The maximum Gasteiger partial charge on any atom is 0.257 e.